The van der Waals surface area contributed by atoms with E-state index in [2.05, 4.69) is 0 Å². The number of nitrogens with one attached hydrogen (secondary N) is 1. The summed E-state index contributed by atoms with van der Waals surface area (Å²) in [4.78, 5) is 29.8. The average Bonchev–Trinajstić information content (AvgIpc) is 2.16. The predicted molar refractivity (Wildman–Crippen MR) is 47.2 cm³/mol. The van der Waals surface area contributed by atoms with Gasteiger partial charge in [-0.1, -0.05) is 0 Å². The number of amides is 1. The highest BCUT2D eigenvalue weighted by atomic mass is 16.6. The highest BCUT2D eigenvalue weighted by Gasteiger charge is 2.28. The molecule has 0 atom stereocenters. The quantitative estimate of drug-likeness (QED) is 0.541. The van der Waals surface area contributed by atoms with Crippen LogP contribution in [0.15, 0.2) is 18.2 Å². The van der Waals surface area contributed by atoms with Crippen molar-refractivity contribution in [3.63, 3.8) is 0 Å². The van der Waals surface area contributed by atoms with Gasteiger partial charge in [0.15, 0.2) is 5.56 Å². The maximum atomic E-state index is 10.8. The van der Waals surface area contributed by atoms with E-state index in [9.17, 15) is 25.0 Å². The summed E-state index contributed by atoms with van der Waals surface area (Å²) in [7, 11) is 0. The van der Waals surface area contributed by atoms with Crippen LogP contribution in [0.4, 0.5) is 11.4 Å². The minimum atomic E-state index is -1.45. The lowest BCUT2D eigenvalue weighted by atomic mass is 10.1. The Kier molecular flexibility index (Phi) is 2.61. The molecule has 77 valence electrons. The summed E-state index contributed by atoms with van der Waals surface area (Å²) < 4.78 is 0. The number of nitro groups is 2. The minimum Gasteiger partial charge on any atom is -0.267 e. The van der Waals surface area contributed by atoms with Crippen LogP contribution >= 0.6 is 0 Å². The summed E-state index contributed by atoms with van der Waals surface area (Å²) in [5.41, 5.74) is 4.48. The van der Waals surface area contributed by atoms with Gasteiger partial charge in [0.25, 0.3) is 17.3 Å². The van der Waals surface area contributed by atoms with Crippen LogP contribution in [-0.4, -0.2) is 15.8 Å². The molecule has 0 bridgehead atoms. The number of rotatable bonds is 3. The van der Waals surface area contributed by atoms with E-state index in [1.165, 1.54) is 0 Å². The largest absolute Gasteiger partial charge is 0.289 e. The standard InChI is InChI=1S/C7H4N3O5/c8-7(11)6-4(9(12)13)2-1-3-5(6)10(14)15/h1-3,8H. The van der Waals surface area contributed by atoms with Gasteiger partial charge in [-0.15, -0.1) is 0 Å². The predicted octanol–water partition coefficient (Wildman–Crippen LogP) is 0.926. The zero-order chi connectivity index (χ0) is 11.6. The molecule has 0 fully saturated rings. The molecule has 0 aliphatic carbocycles. The minimum absolute atomic E-state index is 0.732. The lowest BCUT2D eigenvalue weighted by Gasteiger charge is -1.98. The zero-order valence-electron chi connectivity index (χ0n) is 7.17. The molecular weight excluding hydrogens is 206 g/mol. The Morgan fingerprint density at radius 3 is 1.80 bits per heavy atom. The van der Waals surface area contributed by atoms with Crippen LogP contribution < -0.4 is 5.73 Å². The summed E-state index contributed by atoms with van der Waals surface area (Å²) in [6.45, 7) is 0. The second-order valence-corrected chi connectivity index (χ2v) is 2.51. The second-order valence-electron chi connectivity index (χ2n) is 2.51. The Morgan fingerprint density at radius 2 is 1.53 bits per heavy atom. The van der Waals surface area contributed by atoms with Gasteiger partial charge in [0.05, 0.1) is 9.85 Å². The van der Waals surface area contributed by atoms with Crippen molar-refractivity contribution in [1.29, 1.82) is 0 Å². The molecule has 0 unspecified atom stereocenters. The molecule has 1 aromatic rings. The third-order valence-electron chi connectivity index (χ3n) is 1.64. The Labute approximate surface area is 82.6 Å². The summed E-state index contributed by atoms with van der Waals surface area (Å²) in [5, 5.41) is 20.9. The van der Waals surface area contributed by atoms with E-state index in [0.717, 1.165) is 18.2 Å². The molecule has 0 saturated heterocycles. The Balaban J connectivity index is 3.56. The van der Waals surface area contributed by atoms with Crippen molar-refractivity contribution in [2.75, 3.05) is 0 Å². The SMILES string of the molecule is [NH]C(=O)c1c([N+](=O)[O-])cccc1[N+](=O)[O-]. The van der Waals surface area contributed by atoms with E-state index in [4.69, 9.17) is 5.73 Å². The fourth-order valence-electron chi connectivity index (χ4n) is 1.07. The fraction of sp³-hybridized carbons (Fsp3) is 0. The third-order valence-corrected chi connectivity index (χ3v) is 1.64. The van der Waals surface area contributed by atoms with Gasteiger partial charge in [-0.05, 0) is 6.07 Å². The fourth-order valence-corrected chi connectivity index (χ4v) is 1.07. The van der Waals surface area contributed by atoms with Crippen LogP contribution in [0.5, 0.6) is 0 Å². The van der Waals surface area contributed by atoms with Crippen molar-refractivity contribution in [3.8, 4) is 0 Å². The van der Waals surface area contributed by atoms with Gasteiger partial charge in [0, 0.05) is 12.1 Å². The first-order valence-corrected chi connectivity index (χ1v) is 3.63. The van der Waals surface area contributed by atoms with E-state index in [-0.39, 0.29) is 0 Å². The topological polar surface area (TPSA) is 127 Å². The van der Waals surface area contributed by atoms with Crippen LogP contribution in [0, 0.1) is 20.2 Å². The van der Waals surface area contributed by atoms with Gasteiger partial charge in [-0.2, -0.15) is 0 Å². The van der Waals surface area contributed by atoms with Gasteiger partial charge in [-0.3, -0.25) is 30.8 Å². The lowest BCUT2D eigenvalue weighted by Crippen LogP contribution is -2.08. The highest BCUT2D eigenvalue weighted by Crippen LogP contribution is 2.27. The van der Waals surface area contributed by atoms with Crippen LogP contribution in [0.3, 0.4) is 0 Å². The highest BCUT2D eigenvalue weighted by molar-refractivity contribution is 6.00. The van der Waals surface area contributed by atoms with Gasteiger partial charge in [0.2, 0.25) is 0 Å². The van der Waals surface area contributed by atoms with Crippen LogP contribution in [-0.2, 0) is 0 Å². The van der Waals surface area contributed by atoms with Crippen LogP contribution in [0.2, 0.25) is 0 Å². The van der Waals surface area contributed by atoms with Crippen LogP contribution in [0.25, 0.3) is 0 Å². The summed E-state index contributed by atoms with van der Waals surface area (Å²) in [6.07, 6.45) is 0. The number of nitro benzene ring substituents is 2. The molecule has 1 aromatic carbocycles. The van der Waals surface area contributed by atoms with Crippen molar-refractivity contribution in [3.05, 3.63) is 44.0 Å². The number of carbonyl (C=O) groups excluding carboxylic acids is 1. The molecular formula is C7H4N3O5. The van der Waals surface area contributed by atoms with Crippen LogP contribution in [0.1, 0.15) is 10.4 Å². The molecule has 0 aliphatic rings. The molecule has 1 amide bonds. The molecule has 1 rings (SSSR count). The van der Waals surface area contributed by atoms with E-state index in [0.29, 0.717) is 0 Å². The van der Waals surface area contributed by atoms with Crippen molar-refractivity contribution < 1.29 is 14.6 Å². The zero-order valence-corrected chi connectivity index (χ0v) is 7.17. The summed E-state index contributed by atoms with van der Waals surface area (Å²) in [6, 6.07) is 2.96. The maximum Gasteiger partial charge on any atom is 0.289 e. The first-order chi connectivity index (χ1) is 6.95. The van der Waals surface area contributed by atoms with Gasteiger partial charge >= 0.3 is 0 Å². The molecule has 0 spiro atoms. The molecule has 1 radical (unpaired) electrons. The smallest absolute Gasteiger partial charge is 0.267 e. The average molecular weight is 210 g/mol. The number of benzene rings is 1. The summed E-state index contributed by atoms with van der Waals surface area (Å²) in [5.74, 6) is -1.45. The number of nitrogens with zero attached hydrogens (tertiary/aromatic N) is 2. The lowest BCUT2D eigenvalue weighted by molar-refractivity contribution is -0.394. The number of carbonyl (C=O) groups is 1. The summed E-state index contributed by atoms with van der Waals surface area (Å²) >= 11 is 0. The molecule has 1 N–H and O–H groups in total. The van der Waals surface area contributed by atoms with Crippen molar-refractivity contribution in [2.45, 2.75) is 0 Å². The first-order valence-electron chi connectivity index (χ1n) is 3.63. The second kappa shape index (κ2) is 3.70. The van der Waals surface area contributed by atoms with Crippen molar-refractivity contribution >= 4 is 17.3 Å². The maximum absolute atomic E-state index is 10.8. The van der Waals surface area contributed by atoms with Gasteiger partial charge in [0.1, 0.15) is 0 Å². The third kappa shape index (κ3) is 1.88. The molecule has 15 heavy (non-hydrogen) atoms. The van der Waals surface area contributed by atoms with Crippen molar-refractivity contribution in [1.82, 2.24) is 5.73 Å². The molecule has 0 heterocycles. The number of hydrogen-bond acceptors (Lipinski definition) is 5. The Bertz CT molecular complexity index is 424. The molecule has 8 nitrogen and oxygen atoms in total. The van der Waals surface area contributed by atoms with E-state index in [1.807, 2.05) is 0 Å². The van der Waals surface area contributed by atoms with Gasteiger partial charge in [-0.25, -0.2) is 0 Å². The molecule has 8 heteroatoms. The van der Waals surface area contributed by atoms with Crippen molar-refractivity contribution in [2.24, 2.45) is 0 Å². The van der Waals surface area contributed by atoms with E-state index < -0.39 is 32.7 Å². The van der Waals surface area contributed by atoms with Gasteiger partial charge < -0.3 is 0 Å². The van der Waals surface area contributed by atoms with E-state index in [1.54, 1.807) is 0 Å². The molecule has 0 aliphatic heterocycles. The Morgan fingerprint density at radius 1 is 1.13 bits per heavy atom. The molecule has 0 aromatic heterocycles. The first kappa shape index (κ1) is 10.6. The Hall–Kier alpha value is -2.51. The normalized spacial score (nSPS) is 9.60. The number of hydrogen-bond donors (Lipinski definition) is 0. The molecule has 0 saturated carbocycles. The van der Waals surface area contributed by atoms with E-state index >= 15 is 0 Å². The monoisotopic (exact) mass is 210 g/mol.